The quantitative estimate of drug-likeness (QED) is 0.250. The van der Waals surface area contributed by atoms with Crippen LogP contribution in [0.1, 0.15) is 52.9 Å². The van der Waals surface area contributed by atoms with Gasteiger partial charge < -0.3 is 30.9 Å². The number of hydrogen-bond donors (Lipinski definition) is 5. The van der Waals surface area contributed by atoms with Gasteiger partial charge in [-0.15, -0.1) is 11.3 Å². The minimum absolute atomic E-state index is 0.0124. The molecule has 2 aliphatic heterocycles. The van der Waals surface area contributed by atoms with E-state index in [0.29, 0.717) is 47.4 Å². The van der Waals surface area contributed by atoms with Crippen molar-refractivity contribution in [2.75, 3.05) is 19.7 Å². The number of likely N-dealkylation sites (tertiary alicyclic amines) is 1. The number of rotatable bonds is 7. The Morgan fingerprint density at radius 2 is 1.73 bits per heavy atom. The summed E-state index contributed by atoms with van der Waals surface area (Å²) in [7, 11) is 0. The highest BCUT2D eigenvalue weighted by Crippen LogP contribution is 2.52. The summed E-state index contributed by atoms with van der Waals surface area (Å²) in [6, 6.07) is 6.40. The molecule has 244 valence electrons. The van der Waals surface area contributed by atoms with Gasteiger partial charge in [-0.05, 0) is 44.7 Å². The Morgan fingerprint density at radius 1 is 1.11 bits per heavy atom. The second-order valence-electron chi connectivity index (χ2n) is 11.6. The number of halogens is 4. The Labute approximate surface area is 264 Å². The highest BCUT2D eigenvalue weighted by molar-refractivity contribution is 7.16. The van der Waals surface area contributed by atoms with Crippen LogP contribution < -0.4 is 5.73 Å². The number of nitrogens with zero attached hydrogens (tertiary/aromatic N) is 3. The molecular weight excluding hydrogens is 641 g/mol. The molecule has 0 amide bonds. The second kappa shape index (κ2) is 12.3. The minimum atomic E-state index is -3.01. The number of aromatic nitrogens is 2. The van der Waals surface area contributed by atoms with Gasteiger partial charge in [0, 0.05) is 52.9 Å². The number of hydrogen-bond acceptors (Lipinski definition) is 9. The number of aliphatic carboxylic acids is 2. The van der Waals surface area contributed by atoms with Gasteiger partial charge in [0.15, 0.2) is 12.2 Å². The van der Waals surface area contributed by atoms with Gasteiger partial charge in [0.25, 0.3) is 5.92 Å². The van der Waals surface area contributed by atoms with Crippen LogP contribution >= 0.6 is 22.9 Å². The number of alkyl halides is 2. The van der Waals surface area contributed by atoms with Crippen LogP contribution in [-0.2, 0) is 37.9 Å². The molecule has 2 aromatic heterocycles. The summed E-state index contributed by atoms with van der Waals surface area (Å²) in [5.41, 5.74) is 8.23. The van der Waals surface area contributed by atoms with E-state index in [9.17, 15) is 22.8 Å². The molecule has 3 aliphatic rings. The zero-order valence-corrected chi connectivity index (χ0v) is 25.6. The summed E-state index contributed by atoms with van der Waals surface area (Å²) in [5, 5.41) is 37.1. The molecule has 2 fully saturated rings. The SMILES string of the molecule is Cc1nn(-c2c(F)cccc2C2(N)CC2)cc1CN1CCC2(CC1)OCC(F)(F)c1cc(Cl)sc12.O=C(O)[C@H](O)[C@@H](O)C(=O)O. The van der Waals surface area contributed by atoms with E-state index in [1.54, 1.807) is 10.7 Å². The number of benzene rings is 1. The number of fused-ring (bicyclic) bond motifs is 2. The van der Waals surface area contributed by atoms with Gasteiger partial charge in [-0.2, -0.15) is 13.9 Å². The molecule has 3 aromatic rings. The van der Waals surface area contributed by atoms with E-state index in [2.05, 4.69) is 10.00 Å². The van der Waals surface area contributed by atoms with Crippen LogP contribution in [0.5, 0.6) is 0 Å². The number of ether oxygens (including phenoxy) is 1. The predicted octanol–water partition coefficient (Wildman–Crippen LogP) is 3.47. The van der Waals surface area contributed by atoms with Gasteiger partial charge in [0.1, 0.15) is 23.7 Å². The first-order chi connectivity index (χ1) is 21.1. The number of carboxylic acid groups (broad SMARTS) is 2. The van der Waals surface area contributed by atoms with E-state index in [-0.39, 0.29) is 11.4 Å². The molecule has 1 aromatic carbocycles. The van der Waals surface area contributed by atoms with Crippen LogP contribution in [0.4, 0.5) is 13.2 Å². The molecule has 1 saturated heterocycles. The lowest BCUT2D eigenvalue weighted by Crippen LogP contribution is -2.48. The standard InChI is InChI=1S/C25H26ClF3N4OS.C4H6O6/c1-15-16(13-33(31-15)21-17(23(30)5-6-23)3-2-4-19(21)27)12-32-9-7-24(8-10-32)22-18(11-20(26)35-22)25(28,29)14-34-24;5-1(3(7)8)2(6)4(9)10/h2-4,11,13H,5-10,12,14,30H2,1H3;1-2,5-6H,(H,7,8)(H,9,10)/t;1-,2-/m.1/s1. The van der Waals surface area contributed by atoms with Crippen LogP contribution in [-0.4, -0.2) is 78.9 Å². The lowest BCUT2D eigenvalue weighted by molar-refractivity contribution is -0.182. The zero-order valence-electron chi connectivity index (χ0n) is 24.1. The van der Waals surface area contributed by atoms with E-state index < -0.39 is 47.8 Å². The number of para-hydroxylation sites is 1. The van der Waals surface area contributed by atoms with Gasteiger partial charge in [-0.3, -0.25) is 4.90 Å². The fourth-order valence-corrected chi connectivity index (χ4v) is 7.10. The monoisotopic (exact) mass is 672 g/mol. The first kappa shape index (κ1) is 33.3. The average molecular weight is 673 g/mol. The van der Waals surface area contributed by atoms with Gasteiger partial charge in [-0.1, -0.05) is 23.7 Å². The molecule has 2 atom stereocenters. The third kappa shape index (κ3) is 6.61. The number of piperidine rings is 1. The van der Waals surface area contributed by atoms with Crippen molar-refractivity contribution in [1.29, 1.82) is 0 Å². The van der Waals surface area contributed by atoms with Crippen molar-refractivity contribution in [2.45, 2.75) is 68.4 Å². The van der Waals surface area contributed by atoms with Crippen LogP contribution in [0, 0.1) is 12.7 Å². The molecular formula is C29H32ClF3N4O7S. The van der Waals surface area contributed by atoms with Crippen LogP contribution in [0.15, 0.2) is 30.5 Å². The molecule has 45 heavy (non-hydrogen) atoms. The number of carboxylic acids is 2. The Balaban J connectivity index is 0.000000348. The molecule has 0 bridgehead atoms. The van der Waals surface area contributed by atoms with E-state index in [1.165, 1.54) is 23.5 Å². The number of carbonyl (C=O) groups is 2. The summed E-state index contributed by atoms with van der Waals surface area (Å²) >= 11 is 7.32. The summed E-state index contributed by atoms with van der Waals surface area (Å²) < 4.78 is 51.5. The van der Waals surface area contributed by atoms with Crippen molar-refractivity contribution >= 4 is 34.9 Å². The molecule has 6 N–H and O–H groups in total. The van der Waals surface area contributed by atoms with E-state index >= 15 is 0 Å². The highest BCUT2D eigenvalue weighted by Gasteiger charge is 2.51. The van der Waals surface area contributed by atoms with Crippen LogP contribution in [0.25, 0.3) is 5.69 Å². The molecule has 1 spiro atoms. The van der Waals surface area contributed by atoms with E-state index in [1.807, 2.05) is 19.2 Å². The van der Waals surface area contributed by atoms with Crippen molar-refractivity contribution < 1.29 is 47.9 Å². The zero-order chi connectivity index (χ0) is 32.9. The van der Waals surface area contributed by atoms with Gasteiger partial charge >= 0.3 is 11.9 Å². The summed E-state index contributed by atoms with van der Waals surface area (Å²) in [4.78, 5) is 22.4. The Hall–Kier alpha value is -3.05. The number of thiophene rings is 1. The summed E-state index contributed by atoms with van der Waals surface area (Å²) in [6.45, 7) is 3.30. The number of aliphatic hydroxyl groups excluding tert-OH is 2. The number of aliphatic hydroxyl groups is 2. The summed E-state index contributed by atoms with van der Waals surface area (Å²) in [6.07, 6.45) is 0.215. The van der Waals surface area contributed by atoms with Crippen molar-refractivity contribution in [3.05, 3.63) is 67.9 Å². The Kier molecular flexibility index (Phi) is 9.09. The Bertz CT molecular complexity index is 1590. The van der Waals surface area contributed by atoms with Crippen molar-refractivity contribution in [3.63, 3.8) is 0 Å². The molecule has 0 radical (unpaired) electrons. The lowest BCUT2D eigenvalue weighted by Gasteiger charge is -2.45. The third-order valence-electron chi connectivity index (χ3n) is 8.44. The Morgan fingerprint density at radius 3 is 2.31 bits per heavy atom. The molecule has 6 rings (SSSR count). The normalized spacial score (nSPS) is 20.9. The maximum absolute atomic E-state index is 14.9. The van der Waals surface area contributed by atoms with Crippen molar-refractivity contribution in [2.24, 2.45) is 5.73 Å². The number of aryl methyl sites for hydroxylation is 1. The van der Waals surface area contributed by atoms with E-state index in [0.717, 1.165) is 29.7 Å². The smallest absolute Gasteiger partial charge is 0.335 e. The minimum Gasteiger partial charge on any atom is -0.479 e. The average Bonchev–Trinajstić information content (AvgIpc) is 3.43. The summed E-state index contributed by atoms with van der Waals surface area (Å²) in [5.74, 6) is -6.89. The molecule has 16 heteroatoms. The molecule has 1 saturated carbocycles. The van der Waals surface area contributed by atoms with Gasteiger partial charge in [0.2, 0.25) is 0 Å². The largest absolute Gasteiger partial charge is 0.479 e. The van der Waals surface area contributed by atoms with Gasteiger partial charge in [-0.25, -0.2) is 18.7 Å². The van der Waals surface area contributed by atoms with E-state index in [4.69, 9.17) is 42.5 Å². The maximum atomic E-state index is 14.9. The van der Waals surface area contributed by atoms with Gasteiger partial charge in [0.05, 0.1) is 10.0 Å². The second-order valence-corrected chi connectivity index (χ2v) is 13.3. The topological polar surface area (TPSA) is 171 Å². The molecule has 11 nitrogen and oxygen atoms in total. The predicted molar refractivity (Wildman–Crippen MR) is 156 cm³/mol. The maximum Gasteiger partial charge on any atom is 0.335 e. The van der Waals surface area contributed by atoms with Crippen LogP contribution in [0.2, 0.25) is 4.34 Å². The lowest BCUT2D eigenvalue weighted by atomic mass is 9.84. The fraction of sp³-hybridized carbons (Fsp3) is 0.483. The molecule has 1 aliphatic carbocycles. The van der Waals surface area contributed by atoms with Crippen molar-refractivity contribution in [3.8, 4) is 5.69 Å². The van der Waals surface area contributed by atoms with Crippen LogP contribution in [0.3, 0.4) is 0 Å². The molecule has 4 heterocycles. The fourth-order valence-electron chi connectivity index (χ4n) is 5.62. The first-order valence-corrected chi connectivity index (χ1v) is 15.3. The first-order valence-electron chi connectivity index (χ1n) is 14.1. The molecule has 0 unspecified atom stereocenters. The number of nitrogens with two attached hydrogens (primary N) is 1. The third-order valence-corrected chi connectivity index (χ3v) is 9.89. The van der Waals surface area contributed by atoms with Crippen molar-refractivity contribution in [1.82, 2.24) is 14.7 Å². The highest BCUT2D eigenvalue weighted by atomic mass is 35.5.